The van der Waals surface area contributed by atoms with Crippen molar-refractivity contribution in [3.8, 4) is 0 Å². The van der Waals surface area contributed by atoms with Crippen molar-refractivity contribution in [2.45, 2.75) is 26.2 Å². The first-order valence-electron chi connectivity index (χ1n) is 5.38. The molecule has 0 aliphatic carbocycles. The lowest BCUT2D eigenvalue weighted by molar-refractivity contribution is -0.146. The van der Waals surface area contributed by atoms with Crippen LogP contribution in [0.2, 0.25) is 0 Å². The number of aromatic nitrogens is 1. The molecule has 0 aromatic carbocycles. The highest BCUT2D eigenvalue weighted by Crippen LogP contribution is 2.17. The quantitative estimate of drug-likeness (QED) is 0.864. The second kappa shape index (κ2) is 5.97. The molecule has 0 radical (unpaired) electrons. The van der Waals surface area contributed by atoms with Crippen LogP contribution in [0.5, 0.6) is 0 Å². The molecule has 0 saturated carbocycles. The molecule has 0 aliphatic rings. The third kappa shape index (κ3) is 5.14. The van der Waals surface area contributed by atoms with Crippen molar-refractivity contribution in [3.05, 3.63) is 29.6 Å². The zero-order valence-corrected chi connectivity index (χ0v) is 9.67. The molecule has 0 aliphatic heterocycles. The highest BCUT2D eigenvalue weighted by Gasteiger charge is 2.30. The molecule has 0 fully saturated rings. The normalized spacial score (nSPS) is 12.1. The average Bonchev–Trinajstić information content (AvgIpc) is 2.26. The number of nitrogens with two attached hydrogens (primary N) is 1. The van der Waals surface area contributed by atoms with E-state index in [4.69, 9.17) is 5.73 Å². The molecule has 0 atom stereocenters. The van der Waals surface area contributed by atoms with Gasteiger partial charge in [0.2, 0.25) is 0 Å². The van der Waals surface area contributed by atoms with E-state index >= 15 is 0 Å². The highest BCUT2D eigenvalue weighted by molar-refractivity contribution is 5.11. The van der Waals surface area contributed by atoms with Crippen LogP contribution in [-0.4, -0.2) is 29.1 Å². The number of rotatable bonds is 5. The zero-order chi connectivity index (χ0) is 12.9. The summed E-state index contributed by atoms with van der Waals surface area (Å²) >= 11 is 0. The van der Waals surface area contributed by atoms with Gasteiger partial charge in [0, 0.05) is 13.1 Å². The van der Waals surface area contributed by atoms with Gasteiger partial charge < -0.3 is 5.73 Å². The largest absolute Gasteiger partial charge is 0.401 e. The Kier molecular flexibility index (Phi) is 4.89. The van der Waals surface area contributed by atoms with Gasteiger partial charge in [0.15, 0.2) is 0 Å². The molecular formula is C11H16F3N3. The molecule has 1 rings (SSSR count). The lowest BCUT2D eigenvalue weighted by Crippen LogP contribution is -2.33. The summed E-state index contributed by atoms with van der Waals surface area (Å²) in [6.45, 7) is 1.58. The number of hydrogen-bond acceptors (Lipinski definition) is 3. The molecule has 0 saturated heterocycles. The average molecular weight is 247 g/mol. The van der Waals surface area contributed by atoms with Crippen LogP contribution in [0.15, 0.2) is 18.2 Å². The fourth-order valence-electron chi connectivity index (χ4n) is 1.49. The van der Waals surface area contributed by atoms with E-state index in [2.05, 4.69) is 4.98 Å². The lowest BCUT2D eigenvalue weighted by Gasteiger charge is -2.21. The van der Waals surface area contributed by atoms with Crippen LogP contribution < -0.4 is 5.73 Å². The third-order valence-corrected chi connectivity index (χ3v) is 2.31. The van der Waals surface area contributed by atoms with E-state index in [-0.39, 0.29) is 6.54 Å². The minimum atomic E-state index is -4.18. The predicted octanol–water partition coefficient (Wildman–Crippen LogP) is 1.92. The maximum Gasteiger partial charge on any atom is 0.401 e. The molecular weight excluding hydrogens is 231 g/mol. The molecule has 1 heterocycles. The first-order valence-corrected chi connectivity index (χ1v) is 5.38. The Labute approximate surface area is 98.4 Å². The van der Waals surface area contributed by atoms with E-state index in [1.165, 1.54) is 4.90 Å². The molecule has 1 aromatic rings. The molecule has 0 bridgehead atoms. The number of alkyl halides is 3. The molecule has 0 unspecified atom stereocenters. The molecule has 3 nitrogen and oxygen atoms in total. The second-order valence-corrected chi connectivity index (χ2v) is 3.74. The van der Waals surface area contributed by atoms with Crippen LogP contribution >= 0.6 is 0 Å². The first kappa shape index (κ1) is 13.9. The molecule has 96 valence electrons. The fourth-order valence-corrected chi connectivity index (χ4v) is 1.49. The van der Waals surface area contributed by atoms with Crippen LogP contribution in [0.3, 0.4) is 0 Å². The minimum absolute atomic E-state index is 0.184. The third-order valence-electron chi connectivity index (χ3n) is 2.31. The van der Waals surface area contributed by atoms with Gasteiger partial charge in [0.1, 0.15) is 0 Å². The van der Waals surface area contributed by atoms with Gasteiger partial charge in [-0.3, -0.25) is 9.88 Å². The van der Waals surface area contributed by atoms with Crippen molar-refractivity contribution in [1.29, 1.82) is 0 Å². The number of halogens is 3. The van der Waals surface area contributed by atoms with E-state index in [9.17, 15) is 13.2 Å². The maximum atomic E-state index is 12.3. The van der Waals surface area contributed by atoms with Crippen LogP contribution in [-0.2, 0) is 13.1 Å². The van der Waals surface area contributed by atoms with E-state index in [1.807, 2.05) is 0 Å². The monoisotopic (exact) mass is 247 g/mol. The van der Waals surface area contributed by atoms with Crippen molar-refractivity contribution < 1.29 is 13.2 Å². The van der Waals surface area contributed by atoms with Gasteiger partial charge in [0.05, 0.1) is 17.9 Å². The van der Waals surface area contributed by atoms with Crippen molar-refractivity contribution in [1.82, 2.24) is 9.88 Å². The Bertz CT molecular complexity index is 352. The van der Waals surface area contributed by atoms with Gasteiger partial charge in [-0.25, -0.2) is 0 Å². The maximum absolute atomic E-state index is 12.3. The van der Waals surface area contributed by atoms with Gasteiger partial charge >= 0.3 is 6.18 Å². The van der Waals surface area contributed by atoms with Gasteiger partial charge in [-0.15, -0.1) is 0 Å². The lowest BCUT2D eigenvalue weighted by atomic mass is 10.3. The van der Waals surface area contributed by atoms with E-state index in [1.54, 1.807) is 25.1 Å². The summed E-state index contributed by atoms with van der Waals surface area (Å²) in [6.07, 6.45) is -4.18. The molecule has 2 N–H and O–H groups in total. The molecule has 6 heteroatoms. The van der Waals surface area contributed by atoms with E-state index in [0.717, 1.165) is 0 Å². The van der Waals surface area contributed by atoms with Gasteiger partial charge in [-0.2, -0.15) is 13.2 Å². The van der Waals surface area contributed by atoms with E-state index < -0.39 is 12.7 Å². The van der Waals surface area contributed by atoms with Gasteiger partial charge in [0.25, 0.3) is 0 Å². The van der Waals surface area contributed by atoms with Gasteiger partial charge in [-0.05, 0) is 18.7 Å². The fraction of sp³-hybridized carbons (Fsp3) is 0.545. The summed E-state index contributed by atoms with van der Waals surface area (Å²) in [7, 11) is 0. The summed E-state index contributed by atoms with van der Waals surface area (Å²) in [5.74, 6) is 0. The molecule has 0 amide bonds. The number of nitrogens with zero attached hydrogens (tertiary/aromatic N) is 2. The van der Waals surface area contributed by atoms with Crippen molar-refractivity contribution in [2.75, 3.05) is 13.1 Å². The standard InChI is InChI=1S/C11H16F3N3/c1-2-17(8-11(12,13)14)7-10-5-3-4-9(6-15)16-10/h3-5H,2,6-8,15H2,1H3. The summed E-state index contributed by atoms with van der Waals surface area (Å²) in [4.78, 5) is 5.47. The summed E-state index contributed by atoms with van der Waals surface area (Å²) < 4.78 is 36.8. The molecule has 0 spiro atoms. The topological polar surface area (TPSA) is 42.1 Å². The summed E-state index contributed by atoms with van der Waals surface area (Å²) in [6, 6.07) is 5.22. The van der Waals surface area contributed by atoms with Crippen molar-refractivity contribution in [2.24, 2.45) is 5.73 Å². The number of pyridine rings is 1. The van der Waals surface area contributed by atoms with E-state index in [0.29, 0.717) is 24.5 Å². The minimum Gasteiger partial charge on any atom is -0.325 e. The first-order chi connectivity index (χ1) is 7.94. The van der Waals surface area contributed by atoms with Crippen LogP contribution in [0, 0.1) is 0 Å². The van der Waals surface area contributed by atoms with Crippen molar-refractivity contribution >= 4 is 0 Å². The molecule has 17 heavy (non-hydrogen) atoms. The predicted molar refractivity (Wildman–Crippen MR) is 59.1 cm³/mol. The van der Waals surface area contributed by atoms with Crippen LogP contribution in [0.25, 0.3) is 0 Å². The van der Waals surface area contributed by atoms with Crippen LogP contribution in [0.4, 0.5) is 13.2 Å². The number of hydrogen-bond donors (Lipinski definition) is 1. The SMILES string of the molecule is CCN(Cc1cccc(CN)n1)CC(F)(F)F. The second-order valence-electron chi connectivity index (χ2n) is 3.74. The highest BCUT2D eigenvalue weighted by atomic mass is 19.4. The Morgan fingerprint density at radius 1 is 1.29 bits per heavy atom. The van der Waals surface area contributed by atoms with Gasteiger partial charge in [-0.1, -0.05) is 13.0 Å². The zero-order valence-electron chi connectivity index (χ0n) is 9.67. The summed E-state index contributed by atoms with van der Waals surface area (Å²) in [5.41, 5.74) is 6.72. The Balaban J connectivity index is 2.67. The Hall–Kier alpha value is -1.14. The van der Waals surface area contributed by atoms with Crippen molar-refractivity contribution in [3.63, 3.8) is 0 Å². The summed E-state index contributed by atoms with van der Waals surface area (Å²) in [5, 5.41) is 0. The smallest absolute Gasteiger partial charge is 0.325 e. The van der Waals surface area contributed by atoms with Crippen LogP contribution in [0.1, 0.15) is 18.3 Å². The Morgan fingerprint density at radius 2 is 1.94 bits per heavy atom. The Morgan fingerprint density at radius 3 is 2.47 bits per heavy atom. The molecule has 1 aromatic heterocycles.